The van der Waals surface area contributed by atoms with Gasteiger partial charge in [-0.15, -0.1) is 0 Å². The van der Waals surface area contributed by atoms with Crippen molar-refractivity contribution in [3.63, 3.8) is 0 Å². The second kappa shape index (κ2) is 7.41. The fourth-order valence-corrected chi connectivity index (χ4v) is 3.76. The van der Waals surface area contributed by atoms with Crippen molar-refractivity contribution >= 4 is 5.91 Å². The van der Waals surface area contributed by atoms with Crippen LogP contribution in [0.4, 0.5) is 4.39 Å². The van der Waals surface area contributed by atoms with Gasteiger partial charge in [0, 0.05) is 31.2 Å². The van der Waals surface area contributed by atoms with E-state index in [1.807, 2.05) is 32.0 Å². The van der Waals surface area contributed by atoms with Crippen LogP contribution in [-0.2, 0) is 4.74 Å². The van der Waals surface area contributed by atoms with Crippen LogP contribution in [0.3, 0.4) is 0 Å². The summed E-state index contributed by atoms with van der Waals surface area (Å²) in [6.45, 7) is 5.05. The number of amides is 1. The number of benzene rings is 2. The quantitative estimate of drug-likeness (QED) is 0.891. The molecule has 5 heteroatoms. The summed E-state index contributed by atoms with van der Waals surface area (Å²) in [4.78, 5) is 15.0. The van der Waals surface area contributed by atoms with E-state index >= 15 is 0 Å². The molecule has 1 fully saturated rings. The lowest BCUT2D eigenvalue weighted by atomic mass is 9.70. The number of carbonyl (C=O) groups excluding carboxylic acids is 1. The summed E-state index contributed by atoms with van der Waals surface area (Å²) in [5, 5.41) is 10.9. The predicted octanol–water partition coefficient (Wildman–Crippen LogP) is 3.74. The van der Waals surface area contributed by atoms with Crippen LogP contribution in [0.1, 0.15) is 30.6 Å². The second-order valence-electron chi connectivity index (χ2n) is 7.88. The Morgan fingerprint density at radius 2 is 1.85 bits per heavy atom. The van der Waals surface area contributed by atoms with Gasteiger partial charge in [-0.05, 0) is 35.7 Å². The molecule has 0 saturated carbocycles. The zero-order valence-corrected chi connectivity index (χ0v) is 16.0. The number of hydrogen-bond acceptors (Lipinski definition) is 3. The first-order valence-electron chi connectivity index (χ1n) is 9.13. The van der Waals surface area contributed by atoms with Crippen molar-refractivity contribution < 1.29 is 19.0 Å². The molecule has 1 aliphatic heterocycles. The number of likely N-dealkylation sites (tertiary alicyclic amines) is 1. The van der Waals surface area contributed by atoms with Crippen LogP contribution in [0, 0.1) is 11.2 Å². The Labute approximate surface area is 159 Å². The molecule has 4 nitrogen and oxygen atoms in total. The number of rotatable bonds is 4. The van der Waals surface area contributed by atoms with E-state index in [0.29, 0.717) is 25.1 Å². The van der Waals surface area contributed by atoms with Crippen LogP contribution in [0.2, 0.25) is 0 Å². The van der Waals surface area contributed by atoms with E-state index in [4.69, 9.17) is 4.74 Å². The van der Waals surface area contributed by atoms with Gasteiger partial charge < -0.3 is 14.7 Å². The number of methoxy groups -OCH3 is 1. The highest BCUT2D eigenvalue weighted by Gasteiger charge is 2.48. The fraction of sp³-hybridized carbons (Fsp3) is 0.409. The Morgan fingerprint density at radius 1 is 1.19 bits per heavy atom. The van der Waals surface area contributed by atoms with Crippen LogP contribution >= 0.6 is 0 Å². The van der Waals surface area contributed by atoms with E-state index in [2.05, 4.69) is 0 Å². The molecule has 1 amide bonds. The third-order valence-electron chi connectivity index (χ3n) is 5.62. The number of piperidine rings is 1. The van der Waals surface area contributed by atoms with Crippen molar-refractivity contribution in [2.24, 2.45) is 5.41 Å². The molecular formula is C22H26FNO3. The molecule has 0 spiro atoms. The number of halogens is 1. The van der Waals surface area contributed by atoms with Crippen LogP contribution in [0.15, 0.2) is 48.5 Å². The van der Waals surface area contributed by atoms with Gasteiger partial charge in [0.05, 0.1) is 12.2 Å². The van der Waals surface area contributed by atoms with Crippen molar-refractivity contribution in [3.8, 4) is 11.1 Å². The third-order valence-corrected chi connectivity index (χ3v) is 5.62. The molecule has 1 saturated heterocycles. The highest BCUT2D eigenvalue weighted by atomic mass is 19.1. The molecule has 2 aromatic carbocycles. The number of hydrogen-bond donors (Lipinski definition) is 1. The molecule has 0 aromatic heterocycles. The van der Waals surface area contributed by atoms with Crippen molar-refractivity contribution in [2.75, 3.05) is 26.8 Å². The van der Waals surface area contributed by atoms with E-state index in [1.54, 1.807) is 30.2 Å². The molecule has 1 aliphatic rings. The normalized spacial score (nSPS) is 21.9. The molecule has 2 aromatic rings. The lowest BCUT2D eigenvalue weighted by Crippen LogP contribution is -2.60. The van der Waals surface area contributed by atoms with Gasteiger partial charge in [0.2, 0.25) is 0 Å². The topological polar surface area (TPSA) is 49.8 Å². The van der Waals surface area contributed by atoms with Gasteiger partial charge in [-0.3, -0.25) is 4.79 Å². The zero-order valence-electron chi connectivity index (χ0n) is 16.0. The first-order valence-corrected chi connectivity index (χ1v) is 9.13. The zero-order chi connectivity index (χ0) is 19.7. The molecule has 1 N–H and O–H groups in total. The van der Waals surface area contributed by atoms with Crippen LogP contribution in [0.25, 0.3) is 11.1 Å². The maximum atomic E-state index is 13.3. The van der Waals surface area contributed by atoms with Gasteiger partial charge in [-0.1, -0.05) is 44.2 Å². The summed E-state index contributed by atoms with van der Waals surface area (Å²) in [7, 11) is 1.57. The maximum Gasteiger partial charge on any atom is 0.254 e. The lowest BCUT2D eigenvalue weighted by molar-refractivity contribution is -0.144. The Bertz CT molecular complexity index is 819. The largest absolute Gasteiger partial charge is 0.387 e. The Kier molecular flexibility index (Phi) is 5.36. The molecule has 1 unspecified atom stereocenters. The molecule has 1 heterocycles. The van der Waals surface area contributed by atoms with E-state index in [9.17, 15) is 14.3 Å². The van der Waals surface area contributed by atoms with Gasteiger partial charge in [-0.2, -0.15) is 0 Å². The average Bonchev–Trinajstić information content (AvgIpc) is 2.64. The number of aliphatic hydroxyl groups is 1. The standard InChI is InChI=1S/C22H26FNO3/c1-21(2)14-24(13-12-22(21,26)15-27-3)20(25)19-7-5-4-6-18(19)16-8-10-17(23)11-9-16/h4-11,26H,12-15H2,1-3H3. The third kappa shape index (κ3) is 3.75. The van der Waals surface area contributed by atoms with E-state index in [0.717, 1.165) is 11.1 Å². The second-order valence-corrected chi connectivity index (χ2v) is 7.88. The first-order chi connectivity index (χ1) is 12.8. The summed E-state index contributed by atoms with van der Waals surface area (Å²) in [6.07, 6.45) is 0.457. The fourth-order valence-electron chi connectivity index (χ4n) is 3.76. The first kappa shape index (κ1) is 19.5. The van der Waals surface area contributed by atoms with Gasteiger partial charge in [0.15, 0.2) is 0 Å². The summed E-state index contributed by atoms with van der Waals surface area (Å²) in [5.41, 5.74) is 0.694. The average molecular weight is 371 g/mol. The molecular weight excluding hydrogens is 345 g/mol. The lowest BCUT2D eigenvalue weighted by Gasteiger charge is -2.50. The maximum absolute atomic E-state index is 13.3. The molecule has 144 valence electrons. The summed E-state index contributed by atoms with van der Waals surface area (Å²) in [5.74, 6) is -0.389. The number of ether oxygens (including phenoxy) is 1. The smallest absolute Gasteiger partial charge is 0.254 e. The van der Waals surface area contributed by atoms with Gasteiger partial charge in [-0.25, -0.2) is 4.39 Å². The Hall–Kier alpha value is -2.24. The van der Waals surface area contributed by atoms with Crippen LogP contribution in [-0.4, -0.2) is 48.3 Å². The minimum Gasteiger partial charge on any atom is -0.387 e. The summed E-state index contributed by atoms with van der Waals surface area (Å²) >= 11 is 0. The molecule has 0 bridgehead atoms. The number of nitrogens with zero attached hydrogens (tertiary/aromatic N) is 1. The van der Waals surface area contributed by atoms with Crippen molar-refractivity contribution in [2.45, 2.75) is 25.9 Å². The van der Waals surface area contributed by atoms with Crippen LogP contribution < -0.4 is 0 Å². The predicted molar refractivity (Wildman–Crippen MR) is 103 cm³/mol. The summed E-state index contributed by atoms with van der Waals surface area (Å²) in [6, 6.07) is 13.5. The Balaban J connectivity index is 1.88. The van der Waals surface area contributed by atoms with Crippen LogP contribution in [0.5, 0.6) is 0 Å². The highest BCUT2D eigenvalue weighted by Crippen LogP contribution is 2.39. The van der Waals surface area contributed by atoms with Gasteiger partial charge >= 0.3 is 0 Å². The summed E-state index contributed by atoms with van der Waals surface area (Å²) < 4.78 is 18.5. The van der Waals surface area contributed by atoms with Gasteiger partial charge in [0.25, 0.3) is 5.91 Å². The van der Waals surface area contributed by atoms with E-state index < -0.39 is 11.0 Å². The van der Waals surface area contributed by atoms with Gasteiger partial charge in [0.1, 0.15) is 5.82 Å². The van der Waals surface area contributed by atoms with Crippen molar-refractivity contribution in [1.82, 2.24) is 4.90 Å². The molecule has 0 radical (unpaired) electrons. The molecule has 3 rings (SSSR count). The van der Waals surface area contributed by atoms with Crippen molar-refractivity contribution in [1.29, 1.82) is 0 Å². The monoisotopic (exact) mass is 371 g/mol. The molecule has 27 heavy (non-hydrogen) atoms. The minimum absolute atomic E-state index is 0.0810. The molecule has 1 atom stereocenters. The molecule has 0 aliphatic carbocycles. The van der Waals surface area contributed by atoms with E-state index in [-0.39, 0.29) is 18.3 Å². The Morgan fingerprint density at radius 3 is 2.48 bits per heavy atom. The SMILES string of the molecule is COCC1(O)CCN(C(=O)c2ccccc2-c2ccc(F)cc2)CC1(C)C. The minimum atomic E-state index is -0.963. The number of carbonyl (C=O) groups is 1. The van der Waals surface area contributed by atoms with E-state index in [1.165, 1.54) is 12.1 Å². The van der Waals surface area contributed by atoms with Crippen molar-refractivity contribution in [3.05, 3.63) is 59.9 Å². The highest BCUT2D eigenvalue weighted by molar-refractivity contribution is 6.01.